The maximum atomic E-state index is 11.6. The maximum Gasteiger partial charge on any atom is 0.322 e. The highest BCUT2D eigenvalue weighted by Crippen LogP contribution is 2.37. The van der Waals surface area contributed by atoms with Crippen molar-refractivity contribution in [1.82, 2.24) is 10.2 Å². The predicted octanol–water partition coefficient (Wildman–Crippen LogP) is 0.763. The molecular formula is C12H22N2O2. The minimum absolute atomic E-state index is 0.0830. The van der Waals surface area contributed by atoms with Crippen LogP contribution < -0.4 is 5.32 Å². The van der Waals surface area contributed by atoms with Crippen molar-refractivity contribution in [2.24, 2.45) is 0 Å². The van der Waals surface area contributed by atoms with Gasteiger partial charge in [-0.3, -0.25) is 9.69 Å². The first-order valence-electron chi connectivity index (χ1n) is 6.20. The van der Waals surface area contributed by atoms with Crippen molar-refractivity contribution in [3.8, 4) is 0 Å². The quantitative estimate of drug-likeness (QED) is 0.722. The molecule has 0 saturated carbocycles. The van der Waals surface area contributed by atoms with E-state index < -0.39 is 0 Å². The number of fused-ring (bicyclic) bond motifs is 2. The summed E-state index contributed by atoms with van der Waals surface area (Å²) in [6, 6.07) is 1.66. The molecule has 2 aliphatic rings. The summed E-state index contributed by atoms with van der Waals surface area (Å²) >= 11 is 0. The number of hydrogen-bond acceptors (Lipinski definition) is 4. The summed E-state index contributed by atoms with van der Waals surface area (Å²) in [7, 11) is 3.50. The van der Waals surface area contributed by atoms with Gasteiger partial charge in [0.1, 0.15) is 6.04 Å². The topological polar surface area (TPSA) is 41.6 Å². The van der Waals surface area contributed by atoms with Crippen molar-refractivity contribution in [2.45, 2.75) is 56.8 Å². The number of ether oxygens (including phenoxy) is 1. The zero-order valence-electron chi connectivity index (χ0n) is 10.4. The van der Waals surface area contributed by atoms with E-state index in [1.54, 1.807) is 0 Å². The summed E-state index contributed by atoms with van der Waals surface area (Å²) in [5.74, 6) is -0.0974. The Labute approximate surface area is 97.3 Å². The molecule has 2 fully saturated rings. The number of carbonyl (C=O) groups excluding carboxylic acids is 1. The first-order chi connectivity index (χ1) is 7.67. The van der Waals surface area contributed by atoms with Crippen molar-refractivity contribution in [2.75, 3.05) is 14.2 Å². The van der Waals surface area contributed by atoms with E-state index in [4.69, 9.17) is 4.74 Å². The van der Waals surface area contributed by atoms with Crippen LogP contribution in [0.15, 0.2) is 0 Å². The van der Waals surface area contributed by atoms with Crippen LogP contribution >= 0.6 is 0 Å². The molecule has 16 heavy (non-hydrogen) atoms. The predicted molar refractivity (Wildman–Crippen MR) is 62.2 cm³/mol. The van der Waals surface area contributed by atoms with Crippen LogP contribution in [0.3, 0.4) is 0 Å². The van der Waals surface area contributed by atoms with E-state index >= 15 is 0 Å². The normalized spacial score (nSPS) is 36.1. The summed E-state index contributed by atoms with van der Waals surface area (Å²) in [5.41, 5.74) is 0. The monoisotopic (exact) mass is 226 g/mol. The Morgan fingerprint density at radius 3 is 2.38 bits per heavy atom. The van der Waals surface area contributed by atoms with Gasteiger partial charge in [-0.05, 0) is 39.7 Å². The summed E-state index contributed by atoms with van der Waals surface area (Å²) in [6.07, 6.45) is 4.77. The van der Waals surface area contributed by atoms with Gasteiger partial charge < -0.3 is 10.1 Å². The number of hydrogen-bond donors (Lipinski definition) is 1. The van der Waals surface area contributed by atoms with Crippen molar-refractivity contribution >= 4 is 5.97 Å². The Bertz CT molecular complexity index is 256. The van der Waals surface area contributed by atoms with Gasteiger partial charge >= 0.3 is 5.97 Å². The number of nitrogens with zero attached hydrogens (tertiary/aromatic N) is 1. The highest BCUT2D eigenvalue weighted by atomic mass is 16.5. The zero-order chi connectivity index (χ0) is 11.7. The number of nitrogens with one attached hydrogen (secondary N) is 1. The van der Waals surface area contributed by atoms with E-state index in [1.165, 1.54) is 20.0 Å². The third-order valence-electron chi connectivity index (χ3n) is 4.19. The first kappa shape index (κ1) is 11.9. The molecule has 4 nitrogen and oxygen atoms in total. The van der Waals surface area contributed by atoms with Gasteiger partial charge in [-0.2, -0.15) is 0 Å². The minimum atomic E-state index is -0.0974. The first-order valence-corrected chi connectivity index (χ1v) is 6.20. The Morgan fingerprint density at radius 1 is 1.38 bits per heavy atom. The van der Waals surface area contributed by atoms with Crippen molar-refractivity contribution in [3.63, 3.8) is 0 Å². The van der Waals surface area contributed by atoms with Gasteiger partial charge in [0, 0.05) is 18.1 Å². The summed E-state index contributed by atoms with van der Waals surface area (Å²) in [4.78, 5) is 14.0. The van der Waals surface area contributed by atoms with Crippen molar-refractivity contribution in [3.05, 3.63) is 0 Å². The standard InChI is InChI=1S/C12H22N2O2/c1-8(12(15)16-3)14-10-4-5-11(14)7-9(6-10)13-2/h8-11,13H,4-7H2,1-3H3. The highest BCUT2D eigenvalue weighted by molar-refractivity contribution is 5.75. The molecule has 0 aliphatic carbocycles. The van der Waals surface area contributed by atoms with Gasteiger partial charge in [0.25, 0.3) is 0 Å². The van der Waals surface area contributed by atoms with Gasteiger partial charge in [-0.1, -0.05) is 0 Å². The van der Waals surface area contributed by atoms with Crippen LogP contribution in [0, 0.1) is 0 Å². The van der Waals surface area contributed by atoms with E-state index in [9.17, 15) is 4.79 Å². The van der Waals surface area contributed by atoms with E-state index in [1.807, 2.05) is 14.0 Å². The SMILES string of the molecule is CNC1CC2CCC(C1)N2C(C)C(=O)OC. The van der Waals surface area contributed by atoms with Crippen LogP contribution in [0.4, 0.5) is 0 Å². The number of rotatable bonds is 3. The molecule has 0 amide bonds. The smallest absolute Gasteiger partial charge is 0.322 e. The Hall–Kier alpha value is -0.610. The fourth-order valence-electron chi connectivity index (χ4n) is 3.37. The molecule has 2 aliphatic heterocycles. The van der Waals surface area contributed by atoms with Gasteiger partial charge in [-0.15, -0.1) is 0 Å². The molecule has 1 N–H and O–H groups in total. The van der Waals surface area contributed by atoms with Gasteiger partial charge in [0.05, 0.1) is 7.11 Å². The fourth-order valence-corrected chi connectivity index (χ4v) is 3.37. The lowest BCUT2D eigenvalue weighted by molar-refractivity contribution is -0.148. The molecule has 2 saturated heterocycles. The van der Waals surface area contributed by atoms with E-state index in [-0.39, 0.29) is 12.0 Å². The molecule has 4 heteroatoms. The molecule has 0 aromatic rings. The lowest BCUT2D eigenvalue weighted by atomic mass is 9.96. The second-order valence-corrected chi connectivity index (χ2v) is 4.99. The molecule has 2 heterocycles. The molecule has 0 aromatic heterocycles. The van der Waals surface area contributed by atoms with Crippen LogP contribution in [0.2, 0.25) is 0 Å². The third kappa shape index (κ3) is 1.96. The van der Waals surface area contributed by atoms with Gasteiger partial charge in [0.2, 0.25) is 0 Å². The number of piperidine rings is 1. The third-order valence-corrected chi connectivity index (χ3v) is 4.19. The van der Waals surface area contributed by atoms with Crippen LogP contribution in [0.25, 0.3) is 0 Å². The molecule has 2 bridgehead atoms. The number of carbonyl (C=O) groups is 1. The molecule has 3 atom stereocenters. The minimum Gasteiger partial charge on any atom is -0.468 e. The molecule has 0 aromatic carbocycles. The van der Waals surface area contributed by atoms with Crippen LogP contribution in [-0.4, -0.2) is 49.2 Å². The second-order valence-electron chi connectivity index (χ2n) is 4.99. The lowest BCUT2D eigenvalue weighted by Gasteiger charge is -2.41. The van der Waals surface area contributed by atoms with E-state index in [0.717, 1.165) is 12.8 Å². The van der Waals surface area contributed by atoms with Gasteiger partial charge in [0.15, 0.2) is 0 Å². The number of esters is 1. The average Bonchev–Trinajstić information content (AvgIpc) is 2.57. The summed E-state index contributed by atoms with van der Waals surface area (Å²) in [6.45, 7) is 1.97. The molecule has 3 unspecified atom stereocenters. The van der Waals surface area contributed by atoms with E-state index in [0.29, 0.717) is 18.1 Å². The molecule has 2 rings (SSSR count). The second kappa shape index (κ2) is 4.72. The Morgan fingerprint density at radius 2 is 1.94 bits per heavy atom. The van der Waals surface area contributed by atoms with Crippen LogP contribution in [-0.2, 0) is 9.53 Å². The van der Waals surface area contributed by atoms with Crippen LogP contribution in [0.1, 0.15) is 32.6 Å². The fraction of sp³-hybridized carbons (Fsp3) is 0.917. The largest absolute Gasteiger partial charge is 0.468 e. The highest BCUT2D eigenvalue weighted by Gasteiger charge is 2.44. The van der Waals surface area contributed by atoms with E-state index in [2.05, 4.69) is 10.2 Å². The molecule has 0 spiro atoms. The Kier molecular flexibility index (Phi) is 3.50. The van der Waals surface area contributed by atoms with Gasteiger partial charge in [-0.25, -0.2) is 0 Å². The van der Waals surface area contributed by atoms with Crippen LogP contribution in [0.5, 0.6) is 0 Å². The number of methoxy groups -OCH3 is 1. The van der Waals surface area contributed by atoms with Crippen molar-refractivity contribution < 1.29 is 9.53 Å². The summed E-state index contributed by atoms with van der Waals surface area (Å²) in [5, 5.41) is 3.36. The maximum absolute atomic E-state index is 11.6. The Balaban J connectivity index is 2.05. The average molecular weight is 226 g/mol. The zero-order valence-corrected chi connectivity index (χ0v) is 10.4. The van der Waals surface area contributed by atoms with Crippen molar-refractivity contribution in [1.29, 1.82) is 0 Å². The molecular weight excluding hydrogens is 204 g/mol. The lowest BCUT2D eigenvalue weighted by Crippen LogP contribution is -2.54. The summed E-state index contributed by atoms with van der Waals surface area (Å²) < 4.78 is 4.85. The molecule has 0 radical (unpaired) electrons. The molecule has 92 valence electrons.